The van der Waals surface area contributed by atoms with Crippen LogP contribution < -0.4 is 5.32 Å². The highest BCUT2D eigenvalue weighted by molar-refractivity contribution is 5.91. The van der Waals surface area contributed by atoms with Gasteiger partial charge in [0.25, 0.3) is 0 Å². The van der Waals surface area contributed by atoms with Crippen LogP contribution in [0.15, 0.2) is 66.7 Å². The molecule has 2 aliphatic carbocycles. The summed E-state index contributed by atoms with van der Waals surface area (Å²) in [6.45, 7) is 3.94. The molecule has 0 unspecified atom stereocenters. The van der Waals surface area contributed by atoms with E-state index < -0.39 is 0 Å². The zero-order valence-corrected chi connectivity index (χ0v) is 24.6. The Kier molecular flexibility index (Phi) is 8.14. The van der Waals surface area contributed by atoms with E-state index in [1.807, 2.05) is 41.3 Å². The van der Waals surface area contributed by atoms with Crippen LogP contribution in [-0.4, -0.2) is 36.3 Å². The summed E-state index contributed by atoms with van der Waals surface area (Å²) in [5.41, 5.74) is 7.12. The third kappa shape index (κ3) is 5.85. The van der Waals surface area contributed by atoms with Gasteiger partial charge in [-0.25, -0.2) is 4.79 Å². The smallest absolute Gasteiger partial charge is 0.337 e. The molecule has 6 nitrogen and oxygen atoms in total. The van der Waals surface area contributed by atoms with Gasteiger partial charge in [-0.05, 0) is 95.9 Å². The average Bonchev–Trinajstić information content (AvgIpc) is 3.85. The number of carbonyl (C=O) groups is 3. The molecule has 6 heteroatoms. The number of esters is 1. The average molecular weight is 565 g/mol. The minimum absolute atomic E-state index is 0.00956. The lowest BCUT2D eigenvalue weighted by molar-refractivity contribution is -0.137. The second-order valence-corrected chi connectivity index (χ2v) is 12.3. The van der Waals surface area contributed by atoms with E-state index in [1.165, 1.54) is 18.2 Å². The van der Waals surface area contributed by atoms with Crippen molar-refractivity contribution in [3.63, 3.8) is 0 Å². The highest BCUT2D eigenvalue weighted by Gasteiger charge is 2.43. The fraction of sp³-hybridized carbons (Fsp3) is 0.417. The Morgan fingerprint density at radius 2 is 1.71 bits per heavy atom. The van der Waals surface area contributed by atoms with Crippen LogP contribution in [0, 0.1) is 17.8 Å². The number of hydrogen-bond acceptors (Lipinski definition) is 4. The molecule has 2 atom stereocenters. The molecule has 3 aromatic rings. The number of nitrogens with one attached hydrogen (secondary N) is 1. The van der Waals surface area contributed by atoms with Crippen LogP contribution in [0.1, 0.15) is 77.6 Å². The Morgan fingerprint density at radius 1 is 0.929 bits per heavy atom. The van der Waals surface area contributed by atoms with E-state index >= 15 is 0 Å². The van der Waals surface area contributed by atoms with Gasteiger partial charge in [-0.3, -0.25) is 9.59 Å². The van der Waals surface area contributed by atoms with Gasteiger partial charge in [-0.2, -0.15) is 0 Å². The molecule has 3 aromatic carbocycles. The largest absolute Gasteiger partial charge is 0.465 e. The Hall–Kier alpha value is -3.93. The van der Waals surface area contributed by atoms with Crippen LogP contribution in [0.25, 0.3) is 11.1 Å². The van der Waals surface area contributed by atoms with Crippen molar-refractivity contribution in [3.05, 3.63) is 94.5 Å². The third-order valence-electron chi connectivity index (χ3n) is 9.59. The molecule has 2 amide bonds. The van der Waals surface area contributed by atoms with Crippen molar-refractivity contribution in [2.75, 3.05) is 13.7 Å². The maximum Gasteiger partial charge on any atom is 0.337 e. The molecule has 0 spiro atoms. The molecule has 1 N–H and O–H groups in total. The quantitative estimate of drug-likeness (QED) is 0.343. The maximum absolute atomic E-state index is 13.6. The summed E-state index contributed by atoms with van der Waals surface area (Å²) >= 11 is 0. The van der Waals surface area contributed by atoms with Crippen LogP contribution in [0.4, 0.5) is 0 Å². The summed E-state index contributed by atoms with van der Waals surface area (Å²) in [4.78, 5) is 41.0. The van der Waals surface area contributed by atoms with Crippen LogP contribution >= 0.6 is 0 Å². The number of methoxy groups -OCH3 is 1. The van der Waals surface area contributed by atoms with Gasteiger partial charge in [0, 0.05) is 31.5 Å². The van der Waals surface area contributed by atoms with Gasteiger partial charge in [-0.15, -0.1) is 0 Å². The number of fused-ring (bicyclic) bond motifs is 1. The van der Waals surface area contributed by atoms with Gasteiger partial charge in [0.1, 0.15) is 0 Å². The van der Waals surface area contributed by atoms with Crippen molar-refractivity contribution in [3.8, 4) is 11.1 Å². The summed E-state index contributed by atoms with van der Waals surface area (Å²) in [6, 6.07) is 22.0. The SMILES string of the molecule is COC(=O)c1cccc(-c2ccc(CNC(=O)[C@H]3C[C@H]3c3ccccc3)c3c2CCN(C(=O)C2CCC(C)CC2)C3)c1. The number of benzene rings is 3. The lowest BCUT2D eigenvalue weighted by Crippen LogP contribution is -2.41. The van der Waals surface area contributed by atoms with Crippen molar-refractivity contribution in [1.82, 2.24) is 10.2 Å². The number of rotatable bonds is 7. The summed E-state index contributed by atoms with van der Waals surface area (Å²) in [5.74, 6) is 1.10. The molecule has 0 radical (unpaired) electrons. The van der Waals surface area contributed by atoms with Crippen LogP contribution in [0.2, 0.25) is 0 Å². The first-order chi connectivity index (χ1) is 20.4. The van der Waals surface area contributed by atoms with E-state index in [1.54, 1.807) is 6.07 Å². The normalized spacial score (nSPS) is 23.0. The molecule has 2 fully saturated rings. The first-order valence-corrected chi connectivity index (χ1v) is 15.4. The van der Waals surface area contributed by atoms with Gasteiger partial charge in [0.05, 0.1) is 12.7 Å². The van der Waals surface area contributed by atoms with E-state index in [9.17, 15) is 14.4 Å². The first kappa shape index (κ1) is 28.2. The van der Waals surface area contributed by atoms with E-state index in [0.717, 1.165) is 60.8 Å². The van der Waals surface area contributed by atoms with E-state index in [2.05, 4.69) is 36.5 Å². The Bertz CT molecular complexity index is 1470. The standard InChI is InChI=1S/C36H40N2O4/c1-23-11-13-25(14-12-23)35(40)38-18-17-30-29(26-9-6-10-27(19-26)36(41)42-2)16-15-28(33(30)22-38)21-37-34(39)32-20-31(32)24-7-4-3-5-8-24/h3-10,15-16,19,23,25,31-32H,11-14,17-18,20-22H2,1-2H3,(H,37,39)/t23?,25?,31-,32-/m0/s1. The van der Waals surface area contributed by atoms with Gasteiger partial charge in [-0.1, -0.05) is 61.5 Å². The predicted molar refractivity (Wildman–Crippen MR) is 163 cm³/mol. The molecule has 2 saturated carbocycles. The van der Waals surface area contributed by atoms with E-state index in [-0.39, 0.29) is 35.5 Å². The third-order valence-corrected chi connectivity index (χ3v) is 9.59. The number of nitrogens with zero attached hydrogens (tertiary/aromatic N) is 1. The highest BCUT2D eigenvalue weighted by Crippen LogP contribution is 2.47. The fourth-order valence-corrected chi connectivity index (χ4v) is 6.93. The number of carbonyl (C=O) groups excluding carboxylic acids is 3. The van der Waals surface area contributed by atoms with Gasteiger partial charge >= 0.3 is 5.97 Å². The molecule has 1 heterocycles. The van der Waals surface area contributed by atoms with Gasteiger partial charge < -0.3 is 15.0 Å². The van der Waals surface area contributed by atoms with E-state index in [0.29, 0.717) is 31.1 Å². The Labute approximate surface area is 248 Å². The zero-order chi connectivity index (χ0) is 29.2. The monoisotopic (exact) mass is 564 g/mol. The molecule has 3 aliphatic rings. The molecule has 6 rings (SSSR count). The second-order valence-electron chi connectivity index (χ2n) is 12.3. The van der Waals surface area contributed by atoms with Crippen molar-refractivity contribution in [1.29, 1.82) is 0 Å². The van der Waals surface area contributed by atoms with Crippen LogP contribution in [0.5, 0.6) is 0 Å². The first-order valence-electron chi connectivity index (χ1n) is 15.4. The molecular weight excluding hydrogens is 524 g/mol. The lowest BCUT2D eigenvalue weighted by Gasteiger charge is -2.36. The Balaban J connectivity index is 1.25. The predicted octanol–water partition coefficient (Wildman–Crippen LogP) is 6.27. The zero-order valence-electron chi connectivity index (χ0n) is 24.6. The van der Waals surface area contributed by atoms with Crippen molar-refractivity contribution in [2.45, 2.75) is 64.5 Å². The number of hydrogen-bond donors (Lipinski definition) is 1. The molecule has 0 bridgehead atoms. The number of amides is 2. The molecule has 1 aliphatic heterocycles. The lowest BCUT2D eigenvalue weighted by atomic mass is 9.81. The van der Waals surface area contributed by atoms with E-state index in [4.69, 9.17) is 4.74 Å². The topological polar surface area (TPSA) is 75.7 Å². The maximum atomic E-state index is 13.6. The summed E-state index contributed by atoms with van der Waals surface area (Å²) in [7, 11) is 1.39. The summed E-state index contributed by atoms with van der Waals surface area (Å²) in [6.07, 6.45) is 5.79. The minimum atomic E-state index is -0.363. The summed E-state index contributed by atoms with van der Waals surface area (Å²) in [5, 5.41) is 3.21. The molecule has 0 saturated heterocycles. The van der Waals surface area contributed by atoms with Gasteiger partial charge in [0.2, 0.25) is 11.8 Å². The van der Waals surface area contributed by atoms with Crippen LogP contribution in [-0.2, 0) is 33.8 Å². The Morgan fingerprint density at radius 3 is 2.48 bits per heavy atom. The number of ether oxygens (including phenoxy) is 1. The van der Waals surface area contributed by atoms with Crippen LogP contribution in [0.3, 0.4) is 0 Å². The fourth-order valence-electron chi connectivity index (χ4n) is 6.93. The highest BCUT2D eigenvalue weighted by atomic mass is 16.5. The second kappa shape index (κ2) is 12.1. The van der Waals surface area contributed by atoms with Crippen molar-refractivity contribution in [2.24, 2.45) is 17.8 Å². The molecular formula is C36H40N2O4. The van der Waals surface area contributed by atoms with Gasteiger partial charge in [0.15, 0.2) is 0 Å². The molecule has 42 heavy (non-hydrogen) atoms. The van der Waals surface area contributed by atoms with Crippen molar-refractivity contribution < 1.29 is 19.1 Å². The van der Waals surface area contributed by atoms with Crippen molar-refractivity contribution >= 4 is 17.8 Å². The molecule has 218 valence electrons. The summed E-state index contributed by atoms with van der Waals surface area (Å²) < 4.78 is 4.95. The molecule has 0 aromatic heterocycles. The minimum Gasteiger partial charge on any atom is -0.465 e.